The Balaban J connectivity index is 2.56. The zero-order valence-electron chi connectivity index (χ0n) is 11.5. The summed E-state index contributed by atoms with van der Waals surface area (Å²) in [6.07, 6.45) is 0.655. The summed E-state index contributed by atoms with van der Waals surface area (Å²) >= 11 is 0. The van der Waals surface area contributed by atoms with E-state index in [1.54, 1.807) is 12.1 Å². The molecule has 1 rings (SSSR count). The van der Waals surface area contributed by atoms with Crippen molar-refractivity contribution in [2.45, 2.75) is 6.42 Å². The zero-order valence-corrected chi connectivity index (χ0v) is 11.5. The minimum absolute atomic E-state index is 0.248. The van der Waals surface area contributed by atoms with Crippen molar-refractivity contribution in [3.05, 3.63) is 23.3 Å². The highest BCUT2D eigenvalue weighted by molar-refractivity contribution is 6.00. The lowest BCUT2D eigenvalue weighted by Crippen LogP contribution is -2.19. The van der Waals surface area contributed by atoms with Gasteiger partial charge in [0.2, 0.25) is 0 Å². The average molecular weight is 266 g/mol. The summed E-state index contributed by atoms with van der Waals surface area (Å²) in [4.78, 5) is 13.2. The van der Waals surface area contributed by atoms with E-state index in [0.717, 1.165) is 12.1 Å². The molecule has 0 unspecified atom stereocenters. The van der Waals surface area contributed by atoms with Gasteiger partial charge in [0, 0.05) is 6.54 Å². The van der Waals surface area contributed by atoms with Gasteiger partial charge in [0.15, 0.2) is 0 Å². The summed E-state index contributed by atoms with van der Waals surface area (Å²) in [5, 5.41) is 0. The maximum Gasteiger partial charge on any atom is 0.250 e. The molecule has 0 aliphatic heterocycles. The Bertz CT molecular complexity index is 447. The van der Waals surface area contributed by atoms with E-state index in [9.17, 15) is 4.79 Å². The van der Waals surface area contributed by atoms with E-state index in [0.29, 0.717) is 25.3 Å². The molecule has 1 aromatic rings. The van der Waals surface area contributed by atoms with Crippen LogP contribution in [0.4, 0.5) is 11.4 Å². The Morgan fingerprint density at radius 3 is 2.47 bits per heavy atom. The second kappa shape index (κ2) is 6.96. The van der Waals surface area contributed by atoms with E-state index in [-0.39, 0.29) is 11.3 Å². The van der Waals surface area contributed by atoms with Crippen molar-refractivity contribution in [2.24, 2.45) is 5.73 Å². The second-order valence-corrected chi connectivity index (χ2v) is 4.63. The maximum atomic E-state index is 11.1. The third-order valence-electron chi connectivity index (χ3n) is 2.84. The van der Waals surface area contributed by atoms with Crippen molar-refractivity contribution in [1.29, 1.82) is 0 Å². The molecule has 0 atom stereocenters. The fraction of sp³-hybridized carbons (Fsp3) is 0.462. The van der Waals surface area contributed by atoms with Gasteiger partial charge < -0.3 is 26.8 Å². The number of nitrogens with two attached hydrogens (primary N) is 3. The van der Waals surface area contributed by atoms with Crippen LogP contribution in [0.3, 0.4) is 0 Å². The van der Waals surface area contributed by atoms with E-state index in [4.69, 9.17) is 21.9 Å². The Labute approximate surface area is 113 Å². The number of likely N-dealkylation sites (N-methyl/N-ethyl adjacent to an activating group) is 1. The van der Waals surface area contributed by atoms with Crippen molar-refractivity contribution in [2.75, 3.05) is 45.3 Å². The number of hydrogen-bond acceptors (Lipinski definition) is 5. The van der Waals surface area contributed by atoms with Crippen LogP contribution in [-0.2, 0) is 11.2 Å². The van der Waals surface area contributed by atoms with Gasteiger partial charge in [0.05, 0.1) is 30.2 Å². The highest BCUT2D eigenvalue weighted by Gasteiger charge is 2.11. The molecule has 0 aliphatic rings. The fourth-order valence-electron chi connectivity index (χ4n) is 1.65. The first-order valence-electron chi connectivity index (χ1n) is 6.12. The van der Waals surface area contributed by atoms with Gasteiger partial charge in [0.1, 0.15) is 0 Å². The Morgan fingerprint density at radius 1 is 1.21 bits per heavy atom. The molecule has 0 spiro atoms. The minimum atomic E-state index is -0.571. The molecule has 0 bridgehead atoms. The number of nitrogens with zero attached hydrogens (tertiary/aromatic N) is 1. The lowest BCUT2D eigenvalue weighted by Gasteiger charge is -2.12. The van der Waals surface area contributed by atoms with Gasteiger partial charge in [-0.25, -0.2) is 0 Å². The van der Waals surface area contributed by atoms with Crippen LogP contribution in [-0.4, -0.2) is 44.7 Å². The molecular weight excluding hydrogens is 244 g/mol. The van der Waals surface area contributed by atoms with Gasteiger partial charge in [-0.1, -0.05) is 6.07 Å². The maximum absolute atomic E-state index is 11.1. The fourth-order valence-corrected chi connectivity index (χ4v) is 1.65. The molecule has 0 saturated carbocycles. The smallest absolute Gasteiger partial charge is 0.250 e. The zero-order chi connectivity index (χ0) is 14.4. The molecule has 1 amide bonds. The third kappa shape index (κ3) is 4.42. The molecule has 0 aliphatic carbocycles. The summed E-state index contributed by atoms with van der Waals surface area (Å²) in [7, 11) is 3.98. The first-order chi connectivity index (χ1) is 8.93. The number of anilines is 2. The number of hydrogen-bond donors (Lipinski definition) is 3. The van der Waals surface area contributed by atoms with Crippen LogP contribution >= 0.6 is 0 Å². The average Bonchev–Trinajstić information content (AvgIpc) is 2.33. The highest BCUT2D eigenvalue weighted by Crippen LogP contribution is 2.24. The summed E-state index contributed by atoms with van der Waals surface area (Å²) in [5.41, 5.74) is 18.7. The van der Waals surface area contributed by atoms with Crippen LogP contribution < -0.4 is 17.2 Å². The largest absolute Gasteiger partial charge is 0.397 e. The number of primary amides is 1. The van der Waals surface area contributed by atoms with Gasteiger partial charge in [-0.3, -0.25) is 4.79 Å². The Kier molecular flexibility index (Phi) is 5.59. The van der Waals surface area contributed by atoms with Crippen molar-refractivity contribution < 1.29 is 9.53 Å². The van der Waals surface area contributed by atoms with Gasteiger partial charge in [-0.15, -0.1) is 0 Å². The molecule has 0 fully saturated rings. The van der Waals surface area contributed by atoms with Gasteiger partial charge in [-0.2, -0.15) is 0 Å². The predicted molar refractivity (Wildman–Crippen MR) is 76.9 cm³/mol. The van der Waals surface area contributed by atoms with E-state index in [2.05, 4.69) is 0 Å². The van der Waals surface area contributed by atoms with Crippen molar-refractivity contribution >= 4 is 17.3 Å². The topological polar surface area (TPSA) is 108 Å². The van der Waals surface area contributed by atoms with Crippen molar-refractivity contribution in [1.82, 2.24) is 4.90 Å². The van der Waals surface area contributed by atoms with Crippen LogP contribution in [0.5, 0.6) is 0 Å². The van der Waals surface area contributed by atoms with E-state index < -0.39 is 5.91 Å². The molecule has 6 heteroatoms. The monoisotopic (exact) mass is 266 g/mol. The van der Waals surface area contributed by atoms with Crippen molar-refractivity contribution in [3.8, 4) is 0 Å². The summed E-state index contributed by atoms with van der Waals surface area (Å²) in [5.74, 6) is -0.571. The first-order valence-corrected chi connectivity index (χ1v) is 6.12. The number of amides is 1. The quantitative estimate of drug-likeness (QED) is 0.478. The molecule has 1 aromatic carbocycles. The minimum Gasteiger partial charge on any atom is -0.397 e. The Hall–Kier alpha value is -1.79. The Morgan fingerprint density at radius 2 is 1.89 bits per heavy atom. The molecule has 0 radical (unpaired) electrons. The van der Waals surface area contributed by atoms with Gasteiger partial charge in [-0.05, 0) is 32.1 Å². The number of rotatable bonds is 7. The van der Waals surface area contributed by atoms with Gasteiger partial charge in [0.25, 0.3) is 5.91 Å². The molecule has 0 heterocycles. The summed E-state index contributed by atoms with van der Waals surface area (Å²) in [6, 6.07) is 3.37. The van der Waals surface area contributed by atoms with Crippen LogP contribution in [0.2, 0.25) is 0 Å². The van der Waals surface area contributed by atoms with Crippen molar-refractivity contribution in [3.63, 3.8) is 0 Å². The molecular formula is C13H22N4O2. The van der Waals surface area contributed by atoms with Crippen LogP contribution in [0.25, 0.3) is 0 Å². The van der Waals surface area contributed by atoms with E-state index >= 15 is 0 Å². The molecule has 0 saturated heterocycles. The number of carbonyl (C=O) groups is 1. The number of benzene rings is 1. The molecule has 0 aromatic heterocycles. The summed E-state index contributed by atoms with van der Waals surface area (Å²) in [6.45, 7) is 2.10. The third-order valence-corrected chi connectivity index (χ3v) is 2.84. The second-order valence-electron chi connectivity index (χ2n) is 4.63. The SMILES string of the molecule is CN(C)CCOCCc1ccc(C(N)=O)c(N)c1N. The molecule has 106 valence electrons. The predicted octanol–water partition coefficient (Wildman–Crippen LogP) is 0.0706. The highest BCUT2D eigenvalue weighted by atomic mass is 16.5. The van der Waals surface area contributed by atoms with Crippen LogP contribution in [0.15, 0.2) is 12.1 Å². The first kappa shape index (κ1) is 15.3. The molecule has 6 nitrogen and oxygen atoms in total. The molecule has 19 heavy (non-hydrogen) atoms. The normalized spacial score (nSPS) is 10.9. The van der Waals surface area contributed by atoms with E-state index in [1.807, 2.05) is 19.0 Å². The lowest BCUT2D eigenvalue weighted by atomic mass is 10.0. The molecule has 6 N–H and O–H groups in total. The van der Waals surface area contributed by atoms with Crippen LogP contribution in [0, 0.1) is 0 Å². The number of nitrogen functional groups attached to an aromatic ring is 2. The van der Waals surface area contributed by atoms with Gasteiger partial charge >= 0.3 is 0 Å². The lowest BCUT2D eigenvalue weighted by molar-refractivity contribution is 0.100. The standard InChI is InChI=1S/C13H22N4O2/c1-17(2)6-8-19-7-5-9-3-4-10(13(16)18)12(15)11(9)14/h3-4H,5-8,14-15H2,1-2H3,(H2,16,18). The number of carbonyl (C=O) groups excluding carboxylic acids is 1. The van der Waals surface area contributed by atoms with E-state index in [1.165, 1.54) is 0 Å². The van der Waals surface area contributed by atoms with Crippen LogP contribution in [0.1, 0.15) is 15.9 Å². The number of ether oxygens (including phenoxy) is 1. The summed E-state index contributed by atoms with van der Waals surface area (Å²) < 4.78 is 5.49.